The van der Waals surface area contributed by atoms with Gasteiger partial charge in [-0.05, 0) is 36.6 Å². The molecule has 1 aromatic carbocycles. The summed E-state index contributed by atoms with van der Waals surface area (Å²) >= 11 is 9.02. The molecule has 2 aromatic heterocycles. The Morgan fingerprint density at radius 1 is 1.36 bits per heavy atom. The molecule has 5 nitrogen and oxygen atoms in total. The molecule has 2 heterocycles. The van der Waals surface area contributed by atoms with Crippen molar-refractivity contribution in [3.05, 3.63) is 57.5 Å². The molecule has 0 saturated heterocycles. The first-order chi connectivity index (χ1) is 12.0. The highest BCUT2D eigenvalue weighted by atomic mass is 35.5. The zero-order valence-corrected chi connectivity index (χ0v) is 16.2. The highest BCUT2D eigenvalue weighted by molar-refractivity contribution is 8.00. The van der Waals surface area contributed by atoms with Crippen LogP contribution in [0.4, 0.5) is 5.69 Å². The van der Waals surface area contributed by atoms with E-state index >= 15 is 0 Å². The van der Waals surface area contributed by atoms with Crippen molar-refractivity contribution in [2.75, 3.05) is 5.32 Å². The first-order valence-electron chi connectivity index (χ1n) is 7.66. The van der Waals surface area contributed by atoms with Gasteiger partial charge in [0.25, 0.3) is 0 Å². The van der Waals surface area contributed by atoms with Crippen molar-refractivity contribution in [1.29, 1.82) is 0 Å². The third-order valence-electron chi connectivity index (χ3n) is 3.58. The van der Waals surface area contributed by atoms with E-state index in [-0.39, 0.29) is 11.2 Å². The third-order valence-corrected chi connectivity index (χ3v) is 5.83. The van der Waals surface area contributed by atoms with Gasteiger partial charge in [0.1, 0.15) is 5.82 Å². The van der Waals surface area contributed by atoms with E-state index in [2.05, 4.69) is 21.6 Å². The van der Waals surface area contributed by atoms with Crippen molar-refractivity contribution in [1.82, 2.24) is 14.8 Å². The van der Waals surface area contributed by atoms with Crippen LogP contribution in [0.1, 0.15) is 17.6 Å². The van der Waals surface area contributed by atoms with Crippen molar-refractivity contribution in [2.45, 2.75) is 23.8 Å². The molecule has 130 valence electrons. The molecular weight excluding hydrogens is 376 g/mol. The van der Waals surface area contributed by atoms with Gasteiger partial charge in [-0.15, -0.1) is 21.5 Å². The molecule has 0 fully saturated rings. The summed E-state index contributed by atoms with van der Waals surface area (Å²) in [6, 6.07) is 11.2. The second-order valence-electron chi connectivity index (χ2n) is 5.47. The topological polar surface area (TPSA) is 59.8 Å². The normalized spacial score (nSPS) is 12.1. The maximum atomic E-state index is 12.4. The minimum absolute atomic E-state index is 0.102. The number of benzene rings is 1. The molecule has 8 heteroatoms. The summed E-state index contributed by atoms with van der Waals surface area (Å²) in [6.45, 7) is 1.85. The van der Waals surface area contributed by atoms with E-state index < -0.39 is 0 Å². The van der Waals surface area contributed by atoms with Gasteiger partial charge in [0.2, 0.25) is 5.91 Å². The van der Waals surface area contributed by atoms with Gasteiger partial charge in [-0.2, -0.15) is 0 Å². The van der Waals surface area contributed by atoms with Crippen molar-refractivity contribution in [2.24, 2.45) is 7.05 Å². The smallest absolute Gasteiger partial charge is 0.237 e. The third kappa shape index (κ3) is 4.62. The molecule has 1 atom stereocenters. The lowest BCUT2D eigenvalue weighted by atomic mass is 10.3. The van der Waals surface area contributed by atoms with Crippen molar-refractivity contribution < 1.29 is 4.79 Å². The van der Waals surface area contributed by atoms with E-state index in [0.717, 1.165) is 17.4 Å². The lowest BCUT2D eigenvalue weighted by Crippen LogP contribution is -2.22. The number of aromatic nitrogens is 3. The van der Waals surface area contributed by atoms with Crippen LogP contribution in [-0.2, 0) is 18.3 Å². The Morgan fingerprint density at radius 3 is 2.92 bits per heavy atom. The quantitative estimate of drug-likeness (QED) is 0.637. The molecule has 1 N–H and O–H groups in total. The van der Waals surface area contributed by atoms with Crippen molar-refractivity contribution in [3.63, 3.8) is 0 Å². The number of amides is 1. The Balaban J connectivity index is 1.63. The van der Waals surface area contributed by atoms with Gasteiger partial charge >= 0.3 is 0 Å². The molecule has 0 spiro atoms. The number of anilines is 1. The summed E-state index contributed by atoms with van der Waals surface area (Å²) in [5.74, 6) is 0.780. The molecule has 0 radical (unpaired) electrons. The summed E-state index contributed by atoms with van der Waals surface area (Å²) in [7, 11) is 1.92. The fourth-order valence-electron chi connectivity index (χ4n) is 2.19. The van der Waals surface area contributed by atoms with Gasteiger partial charge in [-0.3, -0.25) is 4.79 Å². The van der Waals surface area contributed by atoms with Gasteiger partial charge in [0, 0.05) is 29.1 Å². The molecule has 0 aliphatic carbocycles. The summed E-state index contributed by atoms with van der Waals surface area (Å²) in [4.78, 5) is 13.6. The Hall–Kier alpha value is -1.83. The van der Waals surface area contributed by atoms with Crippen LogP contribution >= 0.6 is 34.7 Å². The lowest BCUT2D eigenvalue weighted by molar-refractivity contribution is -0.115. The van der Waals surface area contributed by atoms with E-state index in [1.165, 1.54) is 16.6 Å². The molecule has 0 aliphatic heterocycles. The van der Waals surface area contributed by atoms with E-state index in [1.54, 1.807) is 29.5 Å². The van der Waals surface area contributed by atoms with Crippen molar-refractivity contribution in [3.8, 4) is 0 Å². The van der Waals surface area contributed by atoms with Crippen LogP contribution in [0.15, 0.2) is 46.9 Å². The molecule has 0 saturated carbocycles. The summed E-state index contributed by atoms with van der Waals surface area (Å²) < 4.78 is 1.94. The van der Waals surface area contributed by atoms with Crippen LogP contribution in [0.2, 0.25) is 5.02 Å². The molecule has 1 amide bonds. The molecule has 0 aliphatic rings. The molecule has 25 heavy (non-hydrogen) atoms. The zero-order valence-electron chi connectivity index (χ0n) is 13.8. The fraction of sp³-hybridized carbons (Fsp3) is 0.235. The Labute approximate surface area is 159 Å². The number of nitrogens with one attached hydrogen (secondary N) is 1. The number of thioether (sulfide) groups is 1. The first kappa shape index (κ1) is 18.0. The highest BCUT2D eigenvalue weighted by Gasteiger charge is 2.19. The van der Waals surface area contributed by atoms with Gasteiger partial charge in [-0.25, -0.2) is 0 Å². The number of carbonyl (C=O) groups is 1. The number of halogens is 1. The fourth-order valence-corrected chi connectivity index (χ4v) is 3.92. The summed E-state index contributed by atoms with van der Waals surface area (Å²) in [6.07, 6.45) is 0.741. The largest absolute Gasteiger partial charge is 0.325 e. The second kappa shape index (κ2) is 8.03. The maximum Gasteiger partial charge on any atom is 0.237 e. The van der Waals surface area contributed by atoms with Crippen LogP contribution in [-0.4, -0.2) is 25.9 Å². The van der Waals surface area contributed by atoms with E-state index in [4.69, 9.17) is 11.6 Å². The van der Waals surface area contributed by atoms with Gasteiger partial charge in [-0.1, -0.05) is 35.5 Å². The Morgan fingerprint density at radius 2 is 2.20 bits per heavy atom. The molecule has 3 rings (SSSR count). The average Bonchev–Trinajstić information content (AvgIpc) is 3.20. The van der Waals surface area contributed by atoms with E-state index in [0.29, 0.717) is 10.7 Å². The number of carbonyl (C=O) groups excluding carboxylic acids is 1. The number of nitrogens with zero attached hydrogens (tertiary/aromatic N) is 3. The summed E-state index contributed by atoms with van der Waals surface area (Å²) in [5, 5.41) is 14.4. The van der Waals surface area contributed by atoms with Gasteiger partial charge in [0.05, 0.1) is 5.25 Å². The van der Waals surface area contributed by atoms with Crippen LogP contribution in [0.3, 0.4) is 0 Å². The highest BCUT2D eigenvalue weighted by Crippen LogP contribution is 2.24. The van der Waals surface area contributed by atoms with Gasteiger partial charge < -0.3 is 9.88 Å². The maximum absolute atomic E-state index is 12.4. The summed E-state index contributed by atoms with van der Waals surface area (Å²) in [5.41, 5.74) is 0.682. The van der Waals surface area contributed by atoms with E-state index in [1.807, 2.05) is 36.1 Å². The Kier molecular flexibility index (Phi) is 5.78. The van der Waals surface area contributed by atoms with Gasteiger partial charge in [0.15, 0.2) is 5.16 Å². The molecule has 0 bridgehead atoms. The monoisotopic (exact) mass is 392 g/mol. The standard InChI is InChI=1S/C17H17ClN4OS2/c1-11(16(23)19-13-6-3-5-12(18)9-13)25-17-21-20-15(22(17)2)10-14-7-4-8-24-14/h3-9,11H,10H2,1-2H3,(H,19,23). The van der Waals surface area contributed by atoms with Crippen LogP contribution in [0.25, 0.3) is 0 Å². The van der Waals surface area contributed by atoms with Crippen LogP contribution in [0, 0.1) is 0 Å². The molecular formula is C17H17ClN4OS2. The Bertz CT molecular complexity index is 863. The minimum Gasteiger partial charge on any atom is -0.325 e. The van der Waals surface area contributed by atoms with Crippen LogP contribution in [0.5, 0.6) is 0 Å². The first-order valence-corrected chi connectivity index (χ1v) is 9.80. The molecule has 3 aromatic rings. The average molecular weight is 393 g/mol. The van der Waals surface area contributed by atoms with E-state index in [9.17, 15) is 4.79 Å². The number of thiophene rings is 1. The lowest BCUT2D eigenvalue weighted by Gasteiger charge is -2.11. The zero-order chi connectivity index (χ0) is 17.8. The number of hydrogen-bond acceptors (Lipinski definition) is 5. The predicted octanol–water partition coefficient (Wildman–Crippen LogP) is 4.24. The van der Waals surface area contributed by atoms with Crippen molar-refractivity contribution >= 4 is 46.3 Å². The minimum atomic E-state index is -0.309. The second-order valence-corrected chi connectivity index (χ2v) is 8.25. The SMILES string of the molecule is CC(Sc1nnc(Cc2cccs2)n1C)C(=O)Nc1cccc(Cl)c1. The number of rotatable bonds is 6. The van der Waals surface area contributed by atoms with Crippen LogP contribution < -0.4 is 5.32 Å². The number of hydrogen-bond donors (Lipinski definition) is 1. The molecule has 1 unspecified atom stereocenters. The predicted molar refractivity (Wildman–Crippen MR) is 104 cm³/mol.